The fourth-order valence-corrected chi connectivity index (χ4v) is 2.89. The zero-order chi connectivity index (χ0) is 22.1. The largest absolute Gasteiger partial charge is 0.497 e. The maximum Gasteiger partial charge on any atom is 0.387 e. The molecule has 0 atom stereocenters. The number of methoxy groups -OCH3 is 1. The minimum absolute atomic E-state index is 0.0864. The van der Waals surface area contributed by atoms with Gasteiger partial charge in [0.25, 0.3) is 0 Å². The monoisotopic (exact) mass is 429 g/mol. The number of nitrogens with one attached hydrogen (secondary N) is 2. The van der Waals surface area contributed by atoms with Gasteiger partial charge in [0.15, 0.2) is 5.96 Å². The topological polar surface area (TPSA) is 72.7 Å². The smallest absolute Gasteiger partial charge is 0.387 e. The average molecular weight is 429 g/mol. The number of alkyl halides is 2. The summed E-state index contributed by atoms with van der Waals surface area (Å²) < 4.78 is 37.0. The molecule has 0 unspecified atom stereocenters. The molecule has 0 bridgehead atoms. The van der Waals surface area contributed by atoms with Crippen LogP contribution in [-0.4, -0.2) is 36.0 Å². The Morgan fingerprint density at radius 3 is 2.68 bits per heavy atom. The van der Waals surface area contributed by atoms with Gasteiger partial charge in [-0.25, -0.2) is 9.67 Å². The molecule has 0 aliphatic rings. The van der Waals surface area contributed by atoms with Crippen LogP contribution in [0.15, 0.2) is 65.9 Å². The van der Waals surface area contributed by atoms with Gasteiger partial charge in [-0.2, -0.15) is 13.9 Å². The number of aromatic nitrogens is 2. The second kappa shape index (κ2) is 11.0. The van der Waals surface area contributed by atoms with Gasteiger partial charge in [-0.3, -0.25) is 0 Å². The molecule has 7 nitrogen and oxygen atoms in total. The molecule has 0 radical (unpaired) electrons. The molecular weight excluding hydrogens is 404 g/mol. The summed E-state index contributed by atoms with van der Waals surface area (Å²) in [4.78, 5) is 4.56. The number of benzene rings is 2. The molecule has 1 heterocycles. The highest BCUT2D eigenvalue weighted by Crippen LogP contribution is 2.25. The first kappa shape index (κ1) is 22.1. The maximum absolute atomic E-state index is 12.7. The van der Waals surface area contributed by atoms with Gasteiger partial charge in [0.2, 0.25) is 0 Å². The highest BCUT2D eigenvalue weighted by Gasteiger charge is 2.12. The molecule has 2 N–H and O–H groups in total. The molecule has 1 aromatic heterocycles. The average Bonchev–Trinajstić information content (AvgIpc) is 3.26. The predicted molar refractivity (Wildman–Crippen MR) is 115 cm³/mol. The molecule has 0 saturated carbocycles. The summed E-state index contributed by atoms with van der Waals surface area (Å²) in [6.07, 6.45) is 3.68. The van der Waals surface area contributed by atoms with Gasteiger partial charge in [-0.1, -0.05) is 18.2 Å². The van der Waals surface area contributed by atoms with Crippen molar-refractivity contribution in [3.63, 3.8) is 0 Å². The molecule has 3 rings (SSSR count). The van der Waals surface area contributed by atoms with E-state index in [0.717, 1.165) is 11.3 Å². The van der Waals surface area contributed by atoms with Crippen LogP contribution in [0.25, 0.3) is 5.69 Å². The van der Waals surface area contributed by atoms with E-state index >= 15 is 0 Å². The zero-order valence-electron chi connectivity index (χ0n) is 17.4. The van der Waals surface area contributed by atoms with Crippen LogP contribution in [0.3, 0.4) is 0 Å². The number of para-hydroxylation sites is 1. The van der Waals surface area contributed by atoms with Gasteiger partial charge in [0.1, 0.15) is 11.5 Å². The fraction of sp³-hybridized carbons (Fsp3) is 0.273. The first-order valence-electron chi connectivity index (χ1n) is 9.82. The SMILES string of the molecule is CCNC(=NCc1cnn(-c2ccccc2)c1)NCc1cc(OC)ccc1OC(F)F. The Hall–Kier alpha value is -3.62. The fourth-order valence-electron chi connectivity index (χ4n) is 2.89. The Morgan fingerprint density at radius 1 is 1.16 bits per heavy atom. The third-order valence-corrected chi connectivity index (χ3v) is 4.35. The second-order valence-corrected chi connectivity index (χ2v) is 6.53. The van der Waals surface area contributed by atoms with Gasteiger partial charge in [-0.15, -0.1) is 0 Å². The first-order valence-corrected chi connectivity index (χ1v) is 9.82. The lowest BCUT2D eigenvalue weighted by molar-refractivity contribution is -0.0504. The van der Waals surface area contributed by atoms with Crippen LogP contribution in [0.2, 0.25) is 0 Å². The van der Waals surface area contributed by atoms with E-state index in [-0.39, 0.29) is 12.3 Å². The third-order valence-electron chi connectivity index (χ3n) is 4.35. The van der Waals surface area contributed by atoms with E-state index in [4.69, 9.17) is 4.74 Å². The molecule has 0 aliphatic carbocycles. The van der Waals surface area contributed by atoms with E-state index in [1.807, 2.05) is 43.5 Å². The number of halogens is 2. The van der Waals surface area contributed by atoms with Crippen LogP contribution in [0.4, 0.5) is 8.78 Å². The van der Waals surface area contributed by atoms with Crippen LogP contribution in [-0.2, 0) is 13.1 Å². The van der Waals surface area contributed by atoms with E-state index in [2.05, 4.69) is 25.5 Å². The lowest BCUT2D eigenvalue weighted by atomic mass is 10.2. The predicted octanol–water partition coefficient (Wildman–Crippen LogP) is 3.74. The number of guanidine groups is 1. The quantitative estimate of drug-likeness (QED) is 0.401. The van der Waals surface area contributed by atoms with E-state index in [9.17, 15) is 8.78 Å². The van der Waals surface area contributed by atoms with Crippen molar-refractivity contribution in [2.75, 3.05) is 13.7 Å². The van der Waals surface area contributed by atoms with E-state index in [1.54, 1.807) is 23.0 Å². The molecule has 2 aromatic carbocycles. The van der Waals surface area contributed by atoms with Crippen molar-refractivity contribution in [1.82, 2.24) is 20.4 Å². The standard InChI is InChI=1S/C22H25F2N5O2/c1-3-25-22(26-12-16-13-28-29(15-16)18-7-5-4-6-8-18)27-14-17-11-19(30-2)9-10-20(17)31-21(23)24/h4-11,13,15,21H,3,12,14H2,1-2H3,(H2,25,26,27). The maximum atomic E-state index is 12.7. The number of nitrogens with zero attached hydrogens (tertiary/aromatic N) is 3. The van der Waals surface area contributed by atoms with Crippen molar-refractivity contribution < 1.29 is 18.3 Å². The van der Waals surface area contributed by atoms with Crippen molar-refractivity contribution in [3.05, 3.63) is 72.1 Å². The normalized spacial score (nSPS) is 11.5. The van der Waals surface area contributed by atoms with Gasteiger partial charge in [0, 0.05) is 30.4 Å². The summed E-state index contributed by atoms with van der Waals surface area (Å²) in [5.74, 6) is 1.18. The molecular formula is C22H25F2N5O2. The molecule has 0 amide bonds. The second-order valence-electron chi connectivity index (χ2n) is 6.53. The van der Waals surface area contributed by atoms with Crippen LogP contribution in [0.1, 0.15) is 18.1 Å². The number of ether oxygens (including phenoxy) is 2. The van der Waals surface area contributed by atoms with Crippen molar-refractivity contribution >= 4 is 5.96 Å². The van der Waals surface area contributed by atoms with Crippen LogP contribution in [0.5, 0.6) is 11.5 Å². The highest BCUT2D eigenvalue weighted by molar-refractivity contribution is 5.79. The Bertz CT molecular complexity index is 993. The lowest BCUT2D eigenvalue weighted by Crippen LogP contribution is -2.36. The van der Waals surface area contributed by atoms with E-state index < -0.39 is 6.61 Å². The van der Waals surface area contributed by atoms with Gasteiger partial charge < -0.3 is 20.1 Å². The van der Waals surface area contributed by atoms with Gasteiger partial charge in [-0.05, 0) is 37.3 Å². The molecule has 164 valence electrons. The first-order chi connectivity index (χ1) is 15.1. The lowest BCUT2D eigenvalue weighted by Gasteiger charge is -2.15. The van der Waals surface area contributed by atoms with Crippen molar-refractivity contribution in [3.8, 4) is 17.2 Å². The Kier molecular flexibility index (Phi) is 7.80. The molecule has 0 spiro atoms. The van der Waals surface area contributed by atoms with E-state index in [0.29, 0.717) is 30.4 Å². The molecule has 0 fully saturated rings. The third kappa shape index (κ3) is 6.43. The van der Waals surface area contributed by atoms with Gasteiger partial charge >= 0.3 is 6.61 Å². The molecule has 0 aliphatic heterocycles. The van der Waals surface area contributed by atoms with Crippen LogP contribution < -0.4 is 20.1 Å². The molecule has 31 heavy (non-hydrogen) atoms. The Morgan fingerprint density at radius 2 is 1.97 bits per heavy atom. The minimum Gasteiger partial charge on any atom is -0.497 e. The summed E-state index contributed by atoms with van der Waals surface area (Å²) >= 11 is 0. The summed E-state index contributed by atoms with van der Waals surface area (Å²) in [6.45, 7) is 0.319. The summed E-state index contributed by atoms with van der Waals surface area (Å²) in [5.41, 5.74) is 2.43. The van der Waals surface area contributed by atoms with Crippen LogP contribution >= 0.6 is 0 Å². The summed E-state index contributed by atoms with van der Waals surface area (Å²) in [6, 6.07) is 14.5. The molecule has 3 aromatic rings. The van der Waals surface area contributed by atoms with Crippen LogP contribution in [0, 0.1) is 0 Å². The van der Waals surface area contributed by atoms with Crippen molar-refractivity contribution in [1.29, 1.82) is 0 Å². The number of aliphatic imine (C=N–C) groups is 1. The van der Waals surface area contributed by atoms with E-state index in [1.165, 1.54) is 13.2 Å². The van der Waals surface area contributed by atoms with Crippen molar-refractivity contribution in [2.24, 2.45) is 4.99 Å². The minimum atomic E-state index is -2.91. The number of hydrogen-bond donors (Lipinski definition) is 2. The molecule has 9 heteroatoms. The zero-order valence-corrected chi connectivity index (χ0v) is 17.4. The number of hydrogen-bond acceptors (Lipinski definition) is 4. The van der Waals surface area contributed by atoms with Gasteiger partial charge in [0.05, 0.1) is 25.5 Å². The Balaban J connectivity index is 1.69. The summed E-state index contributed by atoms with van der Waals surface area (Å²) in [7, 11) is 1.52. The van der Waals surface area contributed by atoms with Crippen molar-refractivity contribution in [2.45, 2.75) is 26.6 Å². The molecule has 0 saturated heterocycles. The summed E-state index contributed by atoms with van der Waals surface area (Å²) in [5, 5.41) is 10.7. The highest BCUT2D eigenvalue weighted by atomic mass is 19.3. The number of rotatable bonds is 9. The Labute approximate surface area is 179 Å².